The highest BCUT2D eigenvalue weighted by Gasteiger charge is 2.17. The molecule has 0 atom stereocenters. The molecule has 1 rings (SSSR count). The minimum Gasteiger partial charge on any atom is -0.490 e. The van der Waals surface area contributed by atoms with Crippen LogP contribution in [0.25, 0.3) is 0 Å². The Morgan fingerprint density at radius 3 is 1.89 bits per heavy atom. The predicted molar refractivity (Wildman–Crippen MR) is 70.1 cm³/mol. The van der Waals surface area contributed by atoms with Crippen LogP contribution in [0, 0.1) is 0 Å². The van der Waals surface area contributed by atoms with E-state index < -0.39 is 0 Å². The number of hydrogen-bond donors (Lipinski definition) is 0. The van der Waals surface area contributed by atoms with Gasteiger partial charge in [0.05, 0.1) is 25.4 Å². The van der Waals surface area contributed by atoms with Crippen molar-refractivity contribution in [1.29, 1.82) is 0 Å². The maximum absolute atomic E-state index is 5.44. The van der Waals surface area contributed by atoms with Gasteiger partial charge >= 0.3 is 0 Å². The largest absolute Gasteiger partial charge is 0.490 e. The average Bonchev–Trinajstić information content (AvgIpc) is 2.37. The standard InChI is InChI=1S/C14H16O4/c1-5-15-11-9-10-12(16-6-2)14(18-8-4)13(11)17-7-3/h5,7-10H,1,3-4,6H2,2H3. The van der Waals surface area contributed by atoms with Crippen LogP contribution in [0.4, 0.5) is 0 Å². The number of rotatable bonds is 8. The molecular formula is C14H16O4. The highest BCUT2D eigenvalue weighted by Crippen LogP contribution is 2.44. The van der Waals surface area contributed by atoms with Gasteiger partial charge in [-0.3, -0.25) is 0 Å². The van der Waals surface area contributed by atoms with Gasteiger partial charge in [0.1, 0.15) is 0 Å². The van der Waals surface area contributed by atoms with Crippen LogP contribution in [0.3, 0.4) is 0 Å². The molecule has 96 valence electrons. The molecular weight excluding hydrogens is 232 g/mol. The fraction of sp³-hybridized carbons (Fsp3) is 0.143. The van der Waals surface area contributed by atoms with Crippen molar-refractivity contribution >= 4 is 0 Å². The molecule has 4 nitrogen and oxygen atoms in total. The summed E-state index contributed by atoms with van der Waals surface area (Å²) in [4.78, 5) is 0. The zero-order valence-corrected chi connectivity index (χ0v) is 10.3. The second-order valence-electron chi connectivity index (χ2n) is 3.01. The molecule has 0 aliphatic rings. The van der Waals surface area contributed by atoms with E-state index in [1.165, 1.54) is 18.8 Å². The van der Waals surface area contributed by atoms with E-state index in [1.54, 1.807) is 12.1 Å². The SMILES string of the molecule is C=COc1ccc(OCC)c(OC=C)c1OC=C. The van der Waals surface area contributed by atoms with Gasteiger partial charge in [0.15, 0.2) is 11.5 Å². The topological polar surface area (TPSA) is 36.9 Å². The summed E-state index contributed by atoms with van der Waals surface area (Å²) in [6.45, 7) is 12.9. The maximum Gasteiger partial charge on any atom is 0.215 e. The lowest BCUT2D eigenvalue weighted by Crippen LogP contribution is -1.98. The van der Waals surface area contributed by atoms with Crippen molar-refractivity contribution < 1.29 is 18.9 Å². The molecule has 4 heteroatoms. The van der Waals surface area contributed by atoms with E-state index in [1.807, 2.05) is 6.92 Å². The molecule has 0 N–H and O–H groups in total. The number of hydrogen-bond acceptors (Lipinski definition) is 4. The summed E-state index contributed by atoms with van der Waals surface area (Å²) in [6.07, 6.45) is 3.85. The molecule has 0 radical (unpaired) electrons. The van der Waals surface area contributed by atoms with E-state index in [0.29, 0.717) is 29.6 Å². The summed E-state index contributed by atoms with van der Waals surface area (Å²) in [5.74, 6) is 1.72. The molecule has 0 aliphatic heterocycles. The Morgan fingerprint density at radius 1 is 0.889 bits per heavy atom. The van der Waals surface area contributed by atoms with Gasteiger partial charge in [-0.25, -0.2) is 0 Å². The molecule has 0 aliphatic carbocycles. The van der Waals surface area contributed by atoms with Gasteiger partial charge in [-0.05, 0) is 19.1 Å². The Morgan fingerprint density at radius 2 is 1.39 bits per heavy atom. The summed E-state index contributed by atoms with van der Waals surface area (Å²) in [5.41, 5.74) is 0. The summed E-state index contributed by atoms with van der Waals surface area (Å²) in [6, 6.07) is 3.42. The Hall–Kier alpha value is -2.36. The lowest BCUT2D eigenvalue weighted by atomic mass is 10.2. The first-order valence-corrected chi connectivity index (χ1v) is 5.40. The average molecular weight is 248 g/mol. The van der Waals surface area contributed by atoms with Crippen LogP contribution >= 0.6 is 0 Å². The zero-order chi connectivity index (χ0) is 13.4. The third kappa shape index (κ3) is 3.07. The summed E-state index contributed by atoms with van der Waals surface area (Å²) in [7, 11) is 0. The van der Waals surface area contributed by atoms with Crippen LogP contribution in [-0.2, 0) is 0 Å². The van der Waals surface area contributed by atoms with Crippen LogP contribution in [0.2, 0.25) is 0 Å². The first-order chi connectivity index (χ1) is 8.78. The first-order valence-electron chi connectivity index (χ1n) is 5.40. The molecule has 0 aromatic heterocycles. The fourth-order valence-electron chi connectivity index (χ4n) is 1.37. The van der Waals surface area contributed by atoms with Gasteiger partial charge in [-0.1, -0.05) is 19.7 Å². The molecule has 0 saturated carbocycles. The van der Waals surface area contributed by atoms with Gasteiger partial charge in [-0.15, -0.1) is 0 Å². The van der Waals surface area contributed by atoms with Crippen molar-refractivity contribution in [3.63, 3.8) is 0 Å². The van der Waals surface area contributed by atoms with Gasteiger partial charge in [0.25, 0.3) is 0 Å². The second-order valence-corrected chi connectivity index (χ2v) is 3.01. The minimum absolute atomic E-state index is 0.357. The van der Waals surface area contributed by atoms with Crippen LogP contribution in [0.5, 0.6) is 23.0 Å². The molecule has 0 fully saturated rings. The summed E-state index contributed by atoms with van der Waals surface area (Å²) in [5, 5.41) is 0. The van der Waals surface area contributed by atoms with Crippen molar-refractivity contribution in [2.24, 2.45) is 0 Å². The van der Waals surface area contributed by atoms with Crippen molar-refractivity contribution in [3.8, 4) is 23.0 Å². The molecule has 0 unspecified atom stereocenters. The van der Waals surface area contributed by atoms with Crippen molar-refractivity contribution in [3.05, 3.63) is 50.7 Å². The predicted octanol–water partition coefficient (Wildman–Crippen LogP) is 3.65. The Labute approximate surface area is 107 Å². The molecule has 0 saturated heterocycles. The molecule has 18 heavy (non-hydrogen) atoms. The lowest BCUT2D eigenvalue weighted by Gasteiger charge is -2.15. The Bertz CT molecular complexity index is 438. The third-order valence-corrected chi connectivity index (χ3v) is 1.95. The molecule has 1 aromatic carbocycles. The van der Waals surface area contributed by atoms with Crippen molar-refractivity contribution in [1.82, 2.24) is 0 Å². The number of benzene rings is 1. The third-order valence-electron chi connectivity index (χ3n) is 1.95. The van der Waals surface area contributed by atoms with Crippen LogP contribution in [0.1, 0.15) is 6.92 Å². The molecule has 0 bridgehead atoms. The van der Waals surface area contributed by atoms with Gasteiger partial charge in [-0.2, -0.15) is 0 Å². The highest BCUT2D eigenvalue weighted by molar-refractivity contribution is 5.59. The van der Waals surface area contributed by atoms with E-state index in [2.05, 4.69) is 19.7 Å². The first kappa shape index (κ1) is 13.7. The summed E-state index contributed by atoms with van der Waals surface area (Å²) >= 11 is 0. The highest BCUT2D eigenvalue weighted by atomic mass is 16.5. The molecule has 0 amide bonds. The van der Waals surface area contributed by atoms with Crippen LogP contribution < -0.4 is 18.9 Å². The van der Waals surface area contributed by atoms with Crippen LogP contribution in [-0.4, -0.2) is 6.61 Å². The van der Waals surface area contributed by atoms with Crippen molar-refractivity contribution in [2.75, 3.05) is 6.61 Å². The molecule has 1 aromatic rings. The van der Waals surface area contributed by atoms with Gasteiger partial charge < -0.3 is 18.9 Å². The quantitative estimate of drug-likeness (QED) is 0.658. The monoisotopic (exact) mass is 248 g/mol. The molecule has 0 spiro atoms. The Kier molecular flexibility index (Phi) is 5.38. The zero-order valence-electron chi connectivity index (χ0n) is 10.3. The van der Waals surface area contributed by atoms with E-state index >= 15 is 0 Å². The smallest absolute Gasteiger partial charge is 0.215 e. The lowest BCUT2D eigenvalue weighted by molar-refractivity contribution is 0.310. The van der Waals surface area contributed by atoms with Crippen molar-refractivity contribution in [2.45, 2.75) is 6.92 Å². The Balaban J connectivity index is 3.31. The van der Waals surface area contributed by atoms with E-state index in [0.717, 1.165) is 0 Å². The molecule has 0 heterocycles. The van der Waals surface area contributed by atoms with Gasteiger partial charge in [0.2, 0.25) is 11.5 Å². The number of ether oxygens (including phenoxy) is 4. The minimum atomic E-state index is 0.357. The fourth-order valence-corrected chi connectivity index (χ4v) is 1.37. The van der Waals surface area contributed by atoms with E-state index in [4.69, 9.17) is 18.9 Å². The second kappa shape index (κ2) is 7.06. The van der Waals surface area contributed by atoms with E-state index in [9.17, 15) is 0 Å². The van der Waals surface area contributed by atoms with Crippen LogP contribution in [0.15, 0.2) is 50.7 Å². The summed E-state index contributed by atoms with van der Waals surface area (Å²) < 4.78 is 21.3. The van der Waals surface area contributed by atoms with E-state index in [-0.39, 0.29) is 0 Å². The normalized spacial score (nSPS) is 9.17. The maximum atomic E-state index is 5.44. The van der Waals surface area contributed by atoms with Gasteiger partial charge in [0, 0.05) is 0 Å².